The van der Waals surface area contributed by atoms with Crippen LogP contribution in [0.4, 0.5) is 0 Å². The summed E-state index contributed by atoms with van der Waals surface area (Å²) in [7, 11) is 0. The van der Waals surface area contributed by atoms with Gasteiger partial charge < -0.3 is 20.7 Å². The Morgan fingerprint density at radius 1 is 1.15 bits per heavy atom. The predicted octanol–water partition coefficient (Wildman–Crippen LogP) is -0.181. The summed E-state index contributed by atoms with van der Waals surface area (Å²) in [4.78, 5) is 23.2. The Hall–Kier alpha value is -0.850. The molecule has 1 saturated carbocycles. The summed E-state index contributed by atoms with van der Waals surface area (Å²) in [5, 5.41) is 8.85. The minimum atomic E-state index is -0.377. The van der Waals surface area contributed by atoms with Crippen LogP contribution in [-0.2, 0) is 14.3 Å². The Kier molecular flexibility index (Phi) is 7.87. The van der Waals surface area contributed by atoms with Crippen molar-refractivity contribution in [2.75, 3.05) is 32.8 Å². The number of morpholine rings is 1. The maximum atomic E-state index is 11.7. The molecule has 1 unspecified atom stereocenters. The first-order valence-corrected chi connectivity index (χ1v) is 7.15. The third-order valence-corrected chi connectivity index (χ3v) is 3.65. The van der Waals surface area contributed by atoms with Gasteiger partial charge in [-0.2, -0.15) is 0 Å². The van der Waals surface area contributed by atoms with Crippen molar-refractivity contribution in [2.45, 2.75) is 31.8 Å². The molecule has 0 radical (unpaired) electrons. The molecular weight excluding hydrogens is 282 g/mol. The van der Waals surface area contributed by atoms with Crippen molar-refractivity contribution in [3.05, 3.63) is 0 Å². The van der Waals surface area contributed by atoms with Gasteiger partial charge in [0.25, 0.3) is 0 Å². The molecule has 1 atom stereocenters. The summed E-state index contributed by atoms with van der Waals surface area (Å²) < 4.78 is 5.34. The van der Waals surface area contributed by atoms with Gasteiger partial charge in [0.05, 0.1) is 6.61 Å². The highest BCUT2D eigenvalue weighted by Gasteiger charge is 2.24. The lowest BCUT2D eigenvalue weighted by Gasteiger charge is -2.24. The summed E-state index contributed by atoms with van der Waals surface area (Å²) in [6.07, 6.45) is 3.59. The van der Waals surface area contributed by atoms with Crippen LogP contribution in [0.1, 0.15) is 25.7 Å². The predicted molar refractivity (Wildman–Crippen MR) is 77.8 cm³/mol. The Bertz CT molecular complexity index is 318. The average Bonchev–Trinajstić information content (AvgIpc) is 2.37. The summed E-state index contributed by atoms with van der Waals surface area (Å²) in [5.41, 5.74) is 0. The average molecular weight is 306 g/mol. The molecule has 3 N–H and O–H groups in total. The number of hydrogen-bond acceptors (Lipinski definition) is 4. The van der Waals surface area contributed by atoms with Crippen LogP contribution < -0.4 is 16.0 Å². The molecule has 0 bridgehead atoms. The molecule has 6 nitrogen and oxygen atoms in total. The first-order chi connectivity index (χ1) is 9.27. The SMILES string of the molecule is Cl.O=C(NCCCNC(=O)C1CNCCO1)C1CCC1. The van der Waals surface area contributed by atoms with Crippen LogP contribution in [-0.4, -0.2) is 50.7 Å². The van der Waals surface area contributed by atoms with Gasteiger partial charge in [0, 0.05) is 32.1 Å². The maximum Gasteiger partial charge on any atom is 0.250 e. The molecular formula is C13H24ClN3O3. The first kappa shape index (κ1) is 17.2. The number of ether oxygens (including phenoxy) is 1. The molecule has 0 aromatic rings. The van der Waals surface area contributed by atoms with E-state index in [1.165, 1.54) is 6.42 Å². The largest absolute Gasteiger partial charge is 0.366 e. The van der Waals surface area contributed by atoms with Gasteiger partial charge >= 0.3 is 0 Å². The second-order valence-corrected chi connectivity index (χ2v) is 5.13. The van der Waals surface area contributed by atoms with Gasteiger partial charge in [-0.05, 0) is 19.3 Å². The maximum absolute atomic E-state index is 11.7. The molecule has 2 aliphatic rings. The van der Waals surface area contributed by atoms with Crippen LogP contribution in [0.3, 0.4) is 0 Å². The Balaban J connectivity index is 0.00000200. The van der Waals surface area contributed by atoms with Crippen molar-refractivity contribution in [3.8, 4) is 0 Å². The molecule has 1 aliphatic heterocycles. The first-order valence-electron chi connectivity index (χ1n) is 7.15. The molecule has 2 fully saturated rings. The lowest BCUT2D eigenvalue weighted by molar-refractivity contribution is -0.134. The van der Waals surface area contributed by atoms with Crippen molar-refractivity contribution >= 4 is 24.2 Å². The second-order valence-electron chi connectivity index (χ2n) is 5.13. The van der Waals surface area contributed by atoms with E-state index >= 15 is 0 Å². The van der Waals surface area contributed by atoms with Gasteiger partial charge in [0.15, 0.2) is 0 Å². The van der Waals surface area contributed by atoms with Crippen LogP contribution in [0.2, 0.25) is 0 Å². The van der Waals surface area contributed by atoms with Crippen molar-refractivity contribution in [3.63, 3.8) is 0 Å². The molecule has 1 heterocycles. The van der Waals surface area contributed by atoms with Crippen LogP contribution in [0, 0.1) is 5.92 Å². The number of halogens is 1. The Morgan fingerprint density at radius 2 is 1.85 bits per heavy atom. The smallest absolute Gasteiger partial charge is 0.250 e. The summed E-state index contributed by atoms with van der Waals surface area (Å²) in [5.74, 6) is 0.325. The van der Waals surface area contributed by atoms with Crippen molar-refractivity contribution < 1.29 is 14.3 Å². The monoisotopic (exact) mass is 305 g/mol. The molecule has 7 heteroatoms. The number of nitrogens with one attached hydrogen (secondary N) is 3. The van der Waals surface area contributed by atoms with E-state index in [0.717, 1.165) is 25.8 Å². The number of amides is 2. The van der Waals surface area contributed by atoms with Crippen LogP contribution in [0.5, 0.6) is 0 Å². The third-order valence-electron chi connectivity index (χ3n) is 3.65. The van der Waals surface area contributed by atoms with Gasteiger partial charge in [0.2, 0.25) is 11.8 Å². The fourth-order valence-electron chi connectivity index (χ4n) is 2.17. The van der Waals surface area contributed by atoms with E-state index in [-0.39, 0.29) is 36.2 Å². The number of hydrogen-bond donors (Lipinski definition) is 3. The third kappa shape index (κ3) is 5.26. The zero-order chi connectivity index (χ0) is 13.5. The molecule has 1 aliphatic carbocycles. The number of carbonyl (C=O) groups excluding carboxylic acids is 2. The van der Waals surface area contributed by atoms with E-state index in [1.807, 2.05) is 0 Å². The summed E-state index contributed by atoms with van der Waals surface area (Å²) >= 11 is 0. The summed E-state index contributed by atoms with van der Waals surface area (Å²) in [6, 6.07) is 0. The van der Waals surface area contributed by atoms with Crippen LogP contribution in [0.15, 0.2) is 0 Å². The van der Waals surface area contributed by atoms with Gasteiger partial charge in [-0.1, -0.05) is 6.42 Å². The standard InChI is InChI=1S/C13H23N3O3.ClH/c17-12(10-3-1-4-10)15-5-2-6-16-13(18)11-9-14-7-8-19-11;/h10-11,14H,1-9H2,(H,15,17)(H,16,18);1H. The zero-order valence-corrected chi connectivity index (χ0v) is 12.5. The lowest BCUT2D eigenvalue weighted by Crippen LogP contribution is -2.48. The van der Waals surface area contributed by atoms with Crippen LogP contribution in [0.25, 0.3) is 0 Å². The van der Waals surface area contributed by atoms with Gasteiger partial charge in [-0.15, -0.1) is 12.4 Å². The van der Waals surface area contributed by atoms with Crippen LogP contribution >= 0.6 is 12.4 Å². The number of carbonyl (C=O) groups is 2. The lowest BCUT2D eigenvalue weighted by atomic mass is 9.85. The molecule has 2 rings (SSSR count). The molecule has 1 saturated heterocycles. The molecule has 116 valence electrons. The fourth-order valence-corrected chi connectivity index (χ4v) is 2.17. The molecule has 0 aromatic heterocycles. The topological polar surface area (TPSA) is 79.5 Å². The summed E-state index contributed by atoms with van der Waals surface area (Å²) in [6.45, 7) is 3.15. The quantitative estimate of drug-likeness (QED) is 0.595. The van der Waals surface area contributed by atoms with E-state index < -0.39 is 0 Å². The normalized spacial score (nSPS) is 22.3. The van der Waals surface area contributed by atoms with E-state index in [4.69, 9.17) is 4.74 Å². The Morgan fingerprint density at radius 3 is 2.40 bits per heavy atom. The molecule has 0 aromatic carbocycles. The van der Waals surface area contributed by atoms with E-state index in [2.05, 4.69) is 16.0 Å². The minimum absolute atomic E-state index is 0. The zero-order valence-electron chi connectivity index (χ0n) is 11.7. The van der Waals surface area contributed by atoms with E-state index in [0.29, 0.717) is 26.2 Å². The highest BCUT2D eigenvalue weighted by atomic mass is 35.5. The van der Waals surface area contributed by atoms with Crippen molar-refractivity contribution in [1.82, 2.24) is 16.0 Å². The molecule has 0 spiro atoms. The van der Waals surface area contributed by atoms with Gasteiger partial charge in [-0.3, -0.25) is 9.59 Å². The van der Waals surface area contributed by atoms with Crippen molar-refractivity contribution in [1.29, 1.82) is 0 Å². The highest BCUT2D eigenvalue weighted by molar-refractivity contribution is 5.85. The Labute approximate surface area is 125 Å². The van der Waals surface area contributed by atoms with Crippen molar-refractivity contribution in [2.24, 2.45) is 5.92 Å². The second kappa shape index (κ2) is 9.15. The van der Waals surface area contributed by atoms with Gasteiger partial charge in [-0.25, -0.2) is 0 Å². The number of rotatable bonds is 6. The minimum Gasteiger partial charge on any atom is -0.366 e. The molecule has 2 amide bonds. The van der Waals surface area contributed by atoms with Gasteiger partial charge in [0.1, 0.15) is 6.10 Å². The van der Waals surface area contributed by atoms with E-state index in [9.17, 15) is 9.59 Å². The fraction of sp³-hybridized carbons (Fsp3) is 0.846. The molecule has 20 heavy (non-hydrogen) atoms. The highest BCUT2D eigenvalue weighted by Crippen LogP contribution is 2.25. The van der Waals surface area contributed by atoms with E-state index in [1.54, 1.807) is 0 Å².